The first-order valence-corrected chi connectivity index (χ1v) is 4.92. The average Bonchev–Trinajstić information content (AvgIpc) is 1.90. The molecule has 2 nitrogen and oxygen atoms in total. The van der Waals surface area contributed by atoms with E-state index in [1.807, 2.05) is 0 Å². The van der Waals surface area contributed by atoms with E-state index in [2.05, 4.69) is 29.5 Å². The Morgan fingerprint density at radius 2 is 2.30 bits per heavy atom. The van der Waals surface area contributed by atoms with E-state index in [9.17, 15) is 4.79 Å². The van der Waals surface area contributed by atoms with Crippen LogP contribution in [-0.2, 0) is 9.53 Å². The maximum absolute atomic E-state index is 10.4. The number of carbonyl (C=O) groups is 1. The normalized spacial score (nSPS) is 12.7. The number of rotatable bonds is 4. The molecule has 0 aromatic rings. The second kappa shape index (κ2) is 5.95. The molecule has 0 aliphatic carbocycles. The summed E-state index contributed by atoms with van der Waals surface area (Å²) < 4.78 is 5.90. The molecule has 0 spiro atoms. The molecule has 0 aliphatic heterocycles. The number of ether oxygens (including phenoxy) is 1. The molecule has 0 saturated heterocycles. The van der Waals surface area contributed by atoms with Gasteiger partial charge in [-0.15, -0.1) is 0 Å². The molecule has 0 aromatic heterocycles. The molecule has 1 atom stereocenters. The number of hydrogen-bond donors (Lipinski definition) is 0. The van der Waals surface area contributed by atoms with Crippen LogP contribution in [0.2, 0.25) is 0 Å². The second-order valence-corrected chi connectivity index (χ2v) is 3.11. The van der Waals surface area contributed by atoms with Crippen LogP contribution < -0.4 is 0 Å². The standard InChI is InChI=1S/C7H13IO2/c1-3-7(4-8)5-10-6(2)9/h7H,3-5H2,1-2H3/t7-/m0/s1. The molecule has 0 aromatic carbocycles. The smallest absolute Gasteiger partial charge is 0.302 e. The van der Waals surface area contributed by atoms with E-state index >= 15 is 0 Å². The summed E-state index contributed by atoms with van der Waals surface area (Å²) in [5.41, 5.74) is 0. The van der Waals surface area contributed by atoms with Gasteiger partial charge in [0.2, 0.25) is 0 Å². The van der Waals surface area contributed by atoms with Crippen molar-refractivity contribution in [3.05, 3.63) is 0 Å². The number of esters is 1. The molecule has 60 valence electrons. The molecule has 0 N–H and O–H groups in total. The Labute approximate surface area is 75.5 Å². The monoisotopic (exact) mass is 256 g/mol. The predicted molar refractivity (Wildman–Crippen MR) is 49.3 cm³/mol. The van der Waals surface area contributed by atoms with E-state index in [1.54, 1.807) is 0 Å². The van der Waals surface area contributed by atoms with Crippen molar-refractivity contribution in [2.45, 2.75) is 20.3 Å². The first-order chi connectivity index (χ1) is 4.70. The van der Waals surface area contributed by atoms with Crippen LogP contribution in [0.15, 0.2) is 0 Å². The van der Waals surface area contributed by atoms with Gasteiger partial charge in [-0.1, -0.05) is 29.5 Å². The van der Waals surface area contributed by atoms with Gasteiger partial charge < -0.3 is 4.74 Å². The Morgan fingerprint density at radius 3 is 2.60 bits per heavy atom. The Balaban J connectivity index is 3.34. The van der Waals surface area contributed by atoms with Crippen LogP contribution in [0.5, 0.6) is 0 Å². The van der Waals surface area contributed by atoms with Gasteiger partial charge in [-0.25, -0.2) is 0 Å². The van der Waals surface area contributed by atoms with Crippen molar-refractivity contribution >= 4 is 28.6 Å². The van der Waals surface area contributed by atoms with Gasteiger partial charge in [-0.3, -0.25) is 4.79 Å². The van der Waals surface area contributed by atoms with Crippen LogP contribution in [-0.4, -0.2) is 17.0 Å². The fraction of sp³-hybridized carbons (Fsp3) is 0.857. The number of hydrogen-bond acceptors (Lipinski definition) is 2. The summed E-state index contributed by atoms with van der Waals surface area (Å²) in [6.45, 7) is 4.13. The van der Waals surface area contributed by atoms with Crippen LogP contribution >= 0.6 is 22.6 Å². The molecule has 0 fully saturated rings. The molecule has 0 amide bonds. The lowest BCUT2D eigenvalue weighted by Crippen LogP contribution is -2.12. The maximum atomic E-state index is 10.4. The molecule has 10 heavy (non-hydrogen) atoms. The minimum absolute atomic E-state index is 0.177. The van der Waals surface area contributed by atoms with Crippen LogP contribution in [0.4, 0.5) is 0 Å². The van der Waals surface area contributed by atoms with Crippen molar-refractivity contribution in [2.75, 3.05) is 11.0 Å². The highest BCUT2D eigenvalue weighted by atomic mass is 127. The minimum Gasteiger partial charge on any atom is -0.466 e. The zero-order chi connectivity index (χ0) is 7.98. The first kappa shape index (κ1) is 10.2. The highest BCUT2D eigenvalue weighted by Crippen LogP contribution is 2.06. The van der Waals surface area contributed by atoms with E-state index in [0.29, 0.717) is 12.5 Å². The fourth-order valence-corrected chi connectivity index (χ4v) is 1.38. The van der Waals surface area contributed by atoms with Crippen LogP contribution in [0.3, 0.4) is 0 Å². The molecule has 3 heteroatoms. The average molecular weight is 256 g/mol. The van der Waals surface area contributed by atoms with Crippen molar-refractivity contribution in [1.82, 2.24) is 0 Å². The molecule has 0 aliphatic rings. The van der Waals surface area contributed by atoms with Gasteiger partial charge in [-0.05, 0) is 6.42 Å². The highest BCUT2D eigenvalue weighted by molar-refractivity contribution is 14.1. The van der Waals surface area contributed by atoms with Crippen molar-refractivity contribution in [2.24, 2.45) is 5.92 Å². The molecule has 0 radical (unpaired) electrons. The molecule has 0 unspecified atom stereocenters. The Bertz CT molecular complexity index is 99.8. The van der Waals surface area contributed by atoms with Gasteiger partial charge in [0.1, 0.15) is 0 Å². The third-order valence-corrected chi connectivity index (χ3v) is 2.56. The molecule has 0 saturated carbocycles. The summed E-state index contributed by atoms with van der Waals surface area (Å²) in [6.07, 6.45) is 1.08. The van der Waals surface area contributed by atoms with E-state index in [4.69, 9.17) is 4.74 Å². The van der Waals surface area contributed by atoms with E-state index in [1.165, 1.54) is 6.92 Å². The van der Waals surface area contributed by atoms with Crippen molar-refractivity contribution in [3.63, 3.8) is 0 Å². The van der Waals surface area contributed by atoms with Crippen molar-refractivity contribution in [3.8, 4) is 0 Å². The second-order valence-electron chi connectivity index (χ2n) is 2.23. The summed E-state index contributed by atoms with van der Waals surface area (Å²) in [5.74, 6) is 0.354. The number of halogens is 1. The number of carbonyl (C=O) groups excluding carboxylic acids is 1. The molecule has 0 heterocycles. The van der Waals surface area contributed by atoms with E-state index < -0.39 is 0 Å². The maximum Gasteiger partial charge on any atom is 0.302 e. The van der Waals surface area contributed by atoms with Gasteiger partial charge in [0, 0.05) is 17.3 Å². The largest absolute Gasteiger partial charge is 0.466 e. The predicted octanol–water partition coefficient (Wildman–Crippen LogP) is 2.01. The minimum atomic E-state index is -0.177. The van der Waals surface area contributed by atoms with Crippen LogP contribution in [0.1, 0.15) is 20.3 Å². The topological polar surface area (TPSA) is 26.3 Å². The van der Waals surface area contributed by atoms with Gasteiger partial charge >= 0.3 is 5.97 Å². The summed E-state index contributed by atoms with van der Waals surface area (Å²) in [7, 11) is 0. The zero-order valence-electron chi connectivity index (χ0n) is 6.39. The molecule has 0 bridgehead atoms. The molecule has 0 rings (SSSR count). The van der Waals surface area contributed by atoms with Gasteiger partial charge in [0.25, 0.3) is 0 Å². The lowest BCUT2D eigenvalue weighted by atomic mass is 10.1. The van der Waals surface area contributed by atoms with Crippen LogP contribution in [0.25, 0.3) is 0 Å². The Hall–Kier alpha value is 0.200. The third kappa shape index (κ3) is 5.02. The molecular formula is C7H13IO2. The van der Waals surface area contributed by atoms with E-state index in [0.717, 1.165) is 10.8 Å². The Morgan fingerprint density at radius 1 is 1.70 bits per heavy atom. The zero-order valence-corrected chi connectivity index (χ0v) is 8.55. The summed E-state index contributed by atoms with van der Waals surface area (Å²) >= 11 is 2.30. The quantitative estimate of drug-likeness (QED) is 0.437. The van der Waals surface area contributed by atoms with Crippen molar-refractivity contribution < 1.29 is 9.53 Å². The summed E-state index contributed by atoms with van der Waals surface area (Å²) in [4.78, 5) is 10.4. The highest BCUT2D eigenvalue weighted by Gasteiger charge is 2.04. The van der Waals surface area contributed by atoms with Crippen LogP contribution in [0, 0.1) is 5.92 Å². The van der Waals surface area contributed by atoms with Crippen molar-refractivity contribution in [1.29, 1.82) is 0 Å². The van der Waals surface area contributed by atoms with E-state index in [-0.39, 0.29) is 5.97 Å². The lowest BCUT2D eigenvalue weighted by Gasteiger charge is -2.09. The molecular weight excluding hydrogens is 243 g/mol. The third-order valence-electron chi connectivity index (χ3n) is 1.32. The summed E-state index contributed by atoms with van der Waals surface area (Å²) in [5, 5.41) is 0. The fourth-order valence-electron chi connectivity index (χ4n) is 0.507. The lowest BCUT2D eigenvalue weighted by molar-refractivity contribution is -0.142. The number of alkyl halides is 1. The van der Waals surface area contributed by atoms with Gasteiger partial charge in [-0.2, -0.15) is 0 Å². The first-order valence-electron chi connectivity index (χ1n) is 3.40. The van der Waals surface area contributed by atoms with Gasteiger partial charge in [0.15, 0.2) is 0 Å². The SMILES string of the molecule is CC[C@@H](CI)COC(C)=O. The van der Waals surface area contributed by atoms with Gasteiger partial charge in [0.05, 0.1) is 6.61 Å². The summed E-state index contributed by atoms with van der Waals surface area (Å²) in [6, 6.07) is 0. The Kier molecular flexibility index (Phi) is 6.06.